The number of rotatable bonds is 4. The van der Waals surface area contributed by atoms with Crippen molar-refractivity contribution in [1.82, 2.24) is 0 Å². The molecule has 0 amide bonds. The van der Waals surface area contributed by atoms with Crippen molar-refractivity contribution < 1.29 is 0 Å². The summed E-state index contributed by atoms with van der Waals surface area (Å²) in [6.45, 7) is 9.48. The summed E-state index contributed by atoms with van der Waals surface area (Å²) in [6, 6.07) is 9.97. The summed E-state index contributed by atoms with van der Waals surface area (Å²) in [5.41, 5.74) is 3.25. The Morgan fingerprint density at radius 3 is 2.88 bits per heavy atom. The van der Waals surface area contributed by atoms with Gasteiger partial charge in [0.15, 0.2) is 0 Å². The average Bonchev–Trinajstić information content (AvgIpc) is 2.35. The van der Waals surface area contributed by atoms with Gasteiger partial charge in [-0.05, 0) is 23.1 Å². The van der Waals surface area contributed by atoms with E-state index in [0.29, 0.717) is 0 Å². The monoisotopic (exact) mass is 210 g/mol. The molecule has 1 aromatic carbocycles. The molecule has 0 aliphatic rings. The molecule has 16 heavy (non-hydrogen) atoms. The van der Waals surface area contributed by atoms with Crippen molar-refractivity contribution in [3.8, 4) is 6.07 Å². The second-order valence-corrected chi connectivity index (χ2v) is 3.40. The summed E-state index contributed by atoms with van der Waals surface area (Å²) >= 11 is 0. The molecule has 0 heterocycles. The van der Waals surface area contributed by atoms with Gasteiger partial charge >= 0.3 is 0 Å². The number of aryl methyl sites for hydroxylation is 1. The quantitative estimate of drug-likeness (QED) is 0.554. The lowest BCUT2D eigenvalue weighted by Gasteiger charge is -2.02. The number of hydrogen-bond donors (Lipinski definition) is 0. The highest BCUT2D eigenvalue weighted by atomic mass is 14.7. The van der Waals surface area contributed by atoms with Crippen molar-refractivity contribution in [2.24, 2.45) is 4.99 Å². The molecule has 0 bridgehead atoms. The maximum Gasteiger partial charge on any atom is 0.133 e. The molecule has 0 fully saturated rings. The van der Waals surface area contributed by atoms with Gasteiger partial charge < -0.3 is 0 Å². The standard InChI is InChI=1S/C14H14N2/c1-4-13-6-5-7-14(8-13)11(2)10-16-12(3)9-15/h5-8,10H,2-4H2,1H3/b16-10+. The molecule has 0 atom stereocenters. The van der Waals surface area contributed by atoms with E-state index in [2.05, 4.69) is 37.2 Å². The van der Waals surface area contributed by atoms with Crippen LogP contribution in [0, 0.1) is 11.3 Å². The Morgan fingerprint density at radius 1 is 1.50 bits per heavy atom. The SMILES string of the molecule is C=C(C#N)/N=C/C(=C)c1cccc(CC)c1. The van der Waals surface area contributed by atoms with Crippen LogP contribution in [0.1, 0.15) is 18.1 Å². The highest BCUT2D eigenvalue weighted by Gasteiger charge is 1.97. The van der Waals surface area contributed by atoms with Gasteiger partial charge in [-0.3, -0.25) is 0 Å². The summed E-state index contributed by atoms with van der Waals surface area (Å²) in [4.78, 5) is 3.89. The second kappa shape index (κ2) is 5.67. The first kappa shape index (κ1) is 11.9. The van der Waals surface area contributed by atoms with Crippen LogP contribution in [0.4, 0.5) is 0 Å². The molecule has 2 heteroatoms. The zero-order chi connectivity index (χ0) is 12.0. The minimum Gasteiger partial charge on any atom is -0.246 e. The first-order chi connectivity index (χ1) is 7.67. The molecule has 80 valence electrons. The Balaban J connectivity index is 2.85. The van der Waals surface area contributed by atoms with Gasteiger partial charge in [0, 0.05) is 6.21 Å². The first-order valence-electron chi connectivity index (χ1n) is 5.08. The third kappa shape index (κ3) is 3.21. The van der Waals surface area contributed by atoms with E-state index in [4.69, 9.17) is 5.26 Å². The summed E-state index contributed by atoms with van der Waals surface area (Å²) in [5, 5.41) is 8.51. The van der Waals surface area contributed by atoms with Crippen LogP contribution >= 0.6 is 0 Å². The molecule has 0 saturated carbocycles. The normalized spacial score (nSPS) is 10.0. The van der Waals surface area contributed by atoms with Gasteiger partial charge in [-0.1, -0.05) is 44.3 Å². The minimum absolute atomic E-state index is 0.188. The van der Waals surface area contributed by atoms with E-state index >= 15 is 0 Å². The smallest absolute Gasteiger partial charge is 0.133 e. The molecule has 0 spiro atoms. The number of allylic oxidation sites excluding steroid dienone is 2. The average molecular weight is 210 g/mol. The number of hydrogen-bond acceptors (Lipinski definition) is 2. The van der Waals surface area contributed by atoms with Gasteiger partial charge in [0.05, 0.1) is 0 Å². The highest BCUT2D eigenvalue weighted by molar-refractivity contribution is 6.09. The van der Waals surface area contributed by atoms with Crippen LogP contribution in [0.3, 0.4) is 0 Å². The molecule has 0 saturated heterocycles. The molecule has 0 aliphatic heterocycles. The van der Waals surface area contributed by atoms with Gasteiger partial charge in [0.25, 0.3) is 0 Å². The predicted molar refractivity (Wildman–Crippen MR) is 68.1 cm³/mol. The Morgan fingerprint density at radius 2 is 2.25 bits per heavy atom. The van der Waals surface area contributed by atoms with Crippen LogP contribution in [-0.2, 0) is 6.42 Å². The van der Waals surface area contributed by atoms with Crippen LogP contribution in [0.2, 0.25) is 0 Å². The van der Waals surface area contributed by atoms with E-state index in [1.807, 2.05) is 18.2 Å². The molecule has 2 nitrogen and oxygen atoms in total. The number of aliphatic imine (C=N–C) groups is 1. The lowest BCUT2D eigenvalue weighted by molar-refractivity contribution is 1.14. The maximum absolute atomic E-state index is 8.51. The second-order valence-electron chi connectivity index (χ2n) is 3.40. The summed E-state index contributed by atoms with van der Waals surface area (Å²) < 4.78 is 0. The maximum atomic E-state index is 8.51. The fourth-order valence-electron chi connectivity index (χ4n) is 1.25. The Bertz CT molecular complexity index is 476. The summed E-state index contributed by atoms with van der Waals surface area (Å²) in [7, 11) is 0. The zero-order valence-corrected chi connectivity index (χ0v) is 9.40. The van der Waals surface area contributed by atoms with Crippen molar-refractivity contribution in [2.45, 2.75) is 13.3 Å². The topological polar surface area (TPSA) is 36.1 Å². The molecule has 0 radical (unpaired) electrons. The lowest BCUT2D eigenvalue weighted by Crippen LogP contribution is -1.87. The van der Waals surface area contributed by atoms with Crippen LogP contribution in [0.5, 0.6) is 0 Å². The molecule has 0 N–H and O–H groups in total. The van der Waals surface area contributed by atoms with Crippen LogP contribution in [0.25, 0.3) is 5.57 Å². The van der Waals surface area contributed by atoms with E-state index in [1.54, 1.807) is 6.21 Å². The van der Waals surface area contributed by atoms with E-state index in [9.17, 15) is 0 Å². The fraction of sp³-hybridized carbons (Fsp3) is 0.143. The van der Waals surface area contributed by atoms with Gasteiger partial charge in [-0.15, -0.1) is 0 Å². The molecular weight excluding hydrogens is 196 g/mol. The first-order valence-corrected chi connectivity index (χ1v) is 5.08. The van der Waals surface area contributed by atoms with E-state index in [-0.39, 0.29) is 5.70 Å². The predicted octanol–water partition coefficient (Wildman–Crippen LogP) is 3.37. The van der Waals surface area contributed by atoms with E-state index < -0.39 is 0 Å². The summed E-state index contributed by atoms with van der Waals surface area (Å²) in [5.74, 6) is 0. The van der Waals surface area contributed by atoms with Crippen LogP contribution < -0.4 is 0 Å². The van der Waals surface area contributed by atoms with Crippen LogP contribution in [-0.4, -0.2) is 6.21 Å². The van der Waals surface area contributed by atoms with E-state index in [1.165, 1.54) is 5.56 Å². The molecule has 1 aromatic rings. The van der Waals surface area contributed by atoms with Gasteiger partial charge in [0.2, 0.25) is 0 Å². The lowest BCUT2D eigenvalue weighted by atomic mass is 10.0. The van der Waals surface area contributed by atoms with Crippen molar-refractivity contribution in [2.75, 3.05) is 0 Å². The Kier molecular flexibility index (Phi) is 4.23. The largest absolute Gasteiger partial charge is 0.246 e. The fourth-order valence-corrected chi connectivity index (χ4v) is 1.25. The highest BCUT2D eigenvalue weighted by Crippen LogP contribution is 2.13. The third-order valence-corrected chi connectivity index (χ3v) is 2.21. The van der Waals surface area contributed by atoms with Crippen molar-refractivity contribution in [3.63, 3.8) is 0 Å². The zero-order valence-electron chi connectivity index (χ0n) is 9.40. The molecule has 0 aliphatic carbocycles. The minimum atomic E-state index is 0.188. The Hall–Kier alpha value is -2.14. The molecular formula is C14H14N2. The van der Waals surface area contributed by atoms with Gasteiger partial charge in [-0.2, -0.15) is 5.26 Å². The van der Waals surface area contributed by atoms with Crippen LogP contribution in [0.15, 0.2) is 48.1 Å². The number of benzene rings is 1. The molecule has 0 unspecified atom stereocenters. The molecule has 1 rings (SSSR count). The van der Waals surface area contributed by atoms with Crippen molar-refractivity contribution >= 4 is 11.8 Å². The third-order valence-electron chi connectivity index (χ3n) is 2.21. The van der Waals surface area contributed by atoms with Crippen molar-refractivity contribution in [1.29, 1.82) is 5.26 Å². The Labute approximate surface area is 96.3 Å². The summed E-state index contributed by atoms with van der Waals surface area (Å²) in [6.07, 6.45) is 2.56. The van der Waals surface area contributed by atoms with Crippen molar-refractivity contribution in [3.05, 3.63) is 54.2 Å². The van der Waals surface area contributed by atoms with Gasteiger partial charge in [-0.25, -0.2) is 4.99 Å². The molecule has 0 aromatic heterocycles. The van der Waals surface area contributed by atoms with Gasteiger partial charge in [0.1, 0.15) is 11.8 Å². The van der Waals surface area contributed by atoms with E-state index in [0.717, 1.165) is 17.6 Å². The number of nitriles is 1. The number of nitrogens with zero attached hydrogens (tertiary/aromatic N) is 2.